The molecule has 6 nitrogen and oxygen atoms in total. The smallest absolute Gasteiger partial charge is 0.265 e. The average Bonchev–Trinajstić information content (AvgIpc) is 2.69. The Morgan fingerprint density at radius 1 is 0.840 bits per heavy atom. The fourth-order valence-electron chi connectivity index (χ4n) is 2.40. The van der Waals surface area contributed by atoms with Crippen LogP contribution in [0.25, 0.3) is 0 Å². The summed E-state index contributed by atoms with van der Waals surface area (Å²) in [6, 6.07) is 15.8. The molecule has 0 aliphatic heterocycles. The number of ether oxygens (including phenoxy) is 2. The SMILES string of the molecule is COc1ccc(C(=O)N(c2ccccn2)c2ccccn2)cc1OC. The minimum atomic E-state index is -0.265. The molecule has 0 atom stereocenters. The number of methoxy groups -OCH3 is 2. The highest BCUT2D eigenvalue weighted by Gasteiger charge is 2.23. The van der Waals surface area contributed by atoms with Crippen molar-refractivity contribution in [2.75, 3.05) is 19.1 Å². The van der Waals surface area contributed by atoms with Gasteiger partial charge in [0.1, 0.15) is 11.6 Å². The quantitative estimate of drug-likeness (QED) is 0.714. The van der Waals surface area contributed by atoms with Crippen LogP contribution >= 0.6 is 0 Å². The Labute approximate surface area is 145 Å². The molecule has 0 unspecified atom stereocenters. The van der Waals surface area contributed by atoms with Gasteiger partial charge in [0.2, 0.25) is 0 Å². The average molecular weight is 335 g/mol. The molecular weight excluding hydrogens is 318 g/mol. The van der Waals surface area contributed by atoms with Crippen molar-refractivity contribution in [3.63, 3.8) is 0 Å². The van der Waals surface area contributed by atoms with Crippen LogP contribution in [0.5, 0.6) is 11.5 Å². The Hall–Kier alpha value is -3.41. The van der Waals surface area contributed by atoms with Crippen LogP contribution in [0, 0.1) is 0 Å². The zero-order valence-corrected chi connectivity index (χ0v) is 13.9. The van der Waals surface area contributed by atoms with Crippen LogP contribution in [0.1, 0.15) is 10.4 Å². The molecule has 1 aromatic carbocycles. The van der Waals surface area contributed by atoms with Gasteiger partial charge >= 0.3 is 0 Å². The molecular formula is C19H17N3O3. The summed E-state index contributed by atoms with van der Waals surface area (Å²) >= 11 is 0. The van der Waals surface area contributed by atoms with Gasteiger partial charge in [-0.2, -0.15) is 0 Å². The second-order valence-electron chi connectivity index (χ2n) is 5.09. The minimum absolute atomic E-state index is 0.265. The fraction of sp³-hybridized carbons (Fsp3) is 0.105. The molecule has 2 heterocycles. The molecule has 0 N–H and O–H groups in total. The van der Waals surface area contributed by atoms with E-state index in [1.54, 1.807) is 62.0 Å². The Morgan fingerprint density at radius 3 is 1.92 bits per heavy atom. The lowest BCUT2D eigenvalue weighted by atomic mass is 10.1. The summed E-state index contributed by atoms with van der Waals surface area (Å²) in [6.07, 6.45) is 3.26. The number of aromatic nitrogens is 2. The first-order valence-electron chi connectivity index (χ1n) is 7.63. The molecule has 25 heavy (non-hydrogen) atoms. The standard InChI is InChI=1S/C19H17N3O3/c1-24-15-10-9-14(13-16(15)25-2)19(23)22(17-7-3-5-11-20-17)18-8-4-6-12-21-18/h3-13H,1-2H3. The van der Waals surface area contributed by atoms with E-state index in [4.69, 9.17) is 9.47 Å². The zero-order valence-electron chi connectivity index (χ0n) is 13.9. The first-order valence-corrected chi connectivity index (χ1v) is 7.63. The number of carbonyl (C=O) groups excluding carboxylic acids is 1. The van der Waals surface area contributed by atoms with E-state index in [1.807, 2.05) is 12.1 Å². The first-order chi connectivity index (χ1) is 12.2. The lowest BCUT2D eigenvalue weighted by molar-refractivity contribution is 0.0997. The van der Waals surface area contributed by atoms with Crippen LogP contribution < -0.4 is 14.4 Å². The van der Waals surface area contributed by atoms with Gasteiger partial charge in [0.05, 0.1) is 14.2 Å². The van der Waals surface area contributed by atoms with E-state index in [9.17, 15) is 4.79 Å². The van der Waals surface area contributed by atoms with E-state index in [0.29, 0.717) is 28.7 Å². The van der Waals surface area contributed by atoms with E-state index in [-0.39, 0.29) is 5.91 Å². The highest BCUT2D eigenvalue weighted by atomic mass is 16.5. The van der Waals surface area contributed by atoms with E-state index in [0.717, 1.165) is 0 Å². The van der Waals surface area contributed by atoms with Gasteiger partial charge < -0.3 is 9.47 Å². The van der Waals surface area contributed by atoms with Crippen molar-refractivity contribution in [3.8, 4) is 11.5 Å². The number of nitrogens with zero attached hydrogens (tertiary/aromatic N) is 3. The van der Waals surface area contributed by atoms with Gasteiger partial charge in [0.15, 0.2) is 11.5 Å². The third-order valence-corrected chi connectivity index (χ3v) is 3.59. The molecule has 126 valence electrons. The maximum atomic E-state index is 13.2. The van der Waals surface area contributed by atoms with Crippen molar-refractivity contribution in [3.05, 3.63) is 72.6 Å². The number of hydrogen-bond acceptors (Lipinski definition) is 5. The van der Waals surface area contributed by atoms with E-state index >= 15 is 0 Å². The molecule has 1 amide bonds. The Morgan fingerprint density at radius 2 is 1.44 bits per heavy atom. The van der Waals surface area contributed by atoms with Gasteiger partial charge in [-0.25, -0.2) is 14.9 Å². The van der Waals surface area contributed by atoms with E-state index in [1.165, 1.54) is 12.0 Å². The zero-order chi connectivity index (χ0) is 17.6. The fourth-order valence-corrected chi connectivity index (χ4v) is 2.40. The molecule has 0 bridgehead atoms. The molecule has 0 aliphatic carbocycles. The molecule has 2 aromatic heterocycles. The topological polar surface area (TPSA) is 64.5 Å². The summed E-state index contributed by atoms with van der Waals surface area (Å²) in [6.45, 7) is 0. The Kier molecular flexibility index (Phi) is 4.89. The summed E-state index contributed by atoms with van der Waals surface area (Å²) in [5.74, 6) is 1.75. The van der Waals surface area contributed by atoms with Crippen LogP contribution in [0.2, 0.25) is 0 Å². The molecule has 3 aromatic rings. The van der Waals surface area contributed by atoms with Gasteiger partial charge in [-0.05, 0) is 42.5 Å². The molecule has 0 radical (unpaired) electrons. The van der Waals surface area contributed by atoms with Crippen molar-refractivity contribution < 1.29 is 14.3 Å². The second-order valence-corrected chi connectivity index (χ2v) is 5.09. The lowest BCUT2D eigenvalue weighted by Crippen LogP contribution is -2.27. The van der Waals surface area contributed by atoms with E-state index < -0.39 is 0 Å². The van der Waals surface area contributed by atoms with Gasteiger partial charge in [0, 0.05) is 18.0 Å². The van der Waals surface area contributed by atoms with Crippen LogP contribution in [0.15, 0.2) is 67.0 Å². The normalized spacial score (nSPS) is 10.2. The van der Waals surface area contributed by atoms with Crippen molar-refractivity contribution in [1.82, 2.24) is 9.97 Å². The number of anilines is 2. The van der Waals surface area contributed by atoms with Crippen molar-refractivity contribution in [2.24, 2.45) is 0 Å². The predicted octanol–water partition coefficient (Wildman–Crippen LogP) is 3.47. The third-order valence-electron chi connectivity index (χ3n) is 3.59. The maximum absolute atomic E-state index is 13.2. The summed E-state index contributed by atoms with van der Waals surface area (Å²) < 4.78 is 10.5. The number of carbonyl (C=O) groups is 1. The number of pyridine rings is 2. The van der Waals surface area contributed by atoms with Crippen LogP contribution in [0.3, 0.4) is 0 Å². The first kappa shape index (κ1) is 16.4. The predicted molar refractivity (Wildman–Crippen MR) is 94.5 cm³/mol. The largest absolute Gasteiger partial charge is 0.493 e. The Bertz CT molecular complexity index is 815. The van der Waals surface area contributed by atoms with Gasteiger partial charge in [-0.1, -0.05) is 12.1 Å². The number of benzene rings is 1. The summed E-state index contributed by atoms with van der Waals surface area (Å²) in [4.78, 5) is 23.2. The minimum Gasteiger partial charge on any atom is -0.493 e. The van der Waals surface area contributed by atoms with Gasteiger partial charge in [-0.3, -0.25) is 4.79 Å². The van der Waals surface area contributed by atoms with Crippen molar-refractivity contribution in [1.29, 1.82) is 0 Å². The molecule has 0 aliphatic rings. The molecule has 3 rings (SSSR count). The monoisotopic (exact) mass is 335 g/mol. The van der Waals surface area contributed by atoms with Crippen molar-refractivity contribution in [2.45, 2.75) is 0 Å². The van der Waals surface area contributed by atoms with Crippen LogP contribution in [0.4, 0.5) is 11.6 Å². The Balaban J connectivity index is 2.06. The number of rotatable bonds is 5. The summed E-state index contributed by atoms with van der Waals surface area (Å²) in [5.41, 5.74) is 0.439. The van der Waals surface area contributed by atoms with Gasteiger partial charge in [-0.15, -0.1) is 0 Å². The summed E-state index contributed by atoms with van der Waals surface area (Å²) in [7, 11) is 3.08. The molecule has 0 spiro atoms. The maximum Gasteiger partial charge on any atom is 0.265 e. The summed E-state index contributed by atoms with van der Waals surface area (Å²) in [5, 5.41) is 0. The molecule has 0 fully saturated rings. The van der Waals surface area contributed by atoms with Crippen molar-refractivity contribution >= 4 is 17.5 Å². The highest BCUT2D eigenvalue weighted by molar-refractivity contribution is 6.10. The second kappa shape index (κ2) is 7.44. The lowest BCUT2D eigenvalue weighted by Gasteiger charge is -2.21. The number of hydrogen-bond donors (Lipinski definition) is 0. The van der Waals surface area contributed by atoms with Crippen LogP contribution in [-0.4, -0.2) is 30.1 Å². The van der Waals surface area contributed by atoms with E-state index in [2.05, 4.69) is 9.97 Å². The number of amides is 1. The highest BCUT2D eigenvalue weighted by Crippen LogP contribution is 2.30. The molecule has 0 saturated carbocycles. The molecule has 0 saturated heterocycles. The third kappa shape index (κ3) is 3.42. The van der Waals surface area contributed by atoms with Crippen LogP contribution in [-0.2, 0) is 0 Å². The molecule has 6 heteroatoms. The van der Waals surface area contributed by atoms with Gasteiger partial charge in [0.25, 0.3) is 5.91 Å².